The zero-order valence-corrected chi connectivity index (χ0v) is 13.3. The number of hydrogen-bond donors (Lipinski definition) is 2. The van der Waals surface area contributed by atoms with Crippen molar-refractivity contribution in [3.63, 3.8) is 0 Å². The molecule has 0 aliphatic carbocycles. The van der Waals surface area contributed by atoms with Crippen molar-refractivity contribution >= 4 is 40.6 Å². The summed E-state index contributed by atoms with van der Waals surface area (Å²) >= 11 is 7.58. The van der Waals surface area contributed by atoms with Gasteiger partial charge in [-0.1, -0.05) is 41.4 Å². The van der Waals surface area contributed by atoms with Crippen LogP contribution in [0.2, 0.25) is 5.02 Å². The van der Waals surface area contributed by atoms with Crippen molar-refractivity contribution in [3.8, 4) is 0 Å². The number of benzene rings is 2. The van der Waals surface area contributed by atoms with E-state index in [1.165, 1.54) is 11.1 Å². The van der Waals surface area contributed by atoms with E-state index in [1.807, 2.05) is 6.07 Å². The highest BCUT2D eigenvalue weighted by atomic mass is 35.5. The molecular weight excluding hydrogens is 304 g/mol. The first-order chi connectivity index (χ1) is 10.0. The Morgan fingerprint density at radius 2 is 2.10 bits per heavy atom. The molecule has 0 aromatic heterocycles. The number of thioether (sulfide) groups is 1. The summed E-state index contributed by atoms with van der Waals surface area (Å²) in [6, 6.07) is 13.3. The van der Waals surface area contributed by atoms with Gasteiger partial charge in [0, 0.05) is 11.4 Å². The van der Waals surface area contributed by atoms with Crippen LogP contribution in [0.25, 0.3) is 0 Å². The first-order valence-corrected chi connectivity index (χ1v) is 8.06. The molecule has 0 saturated heterocycles. The minimum Gasteiger partial charge on any atom is -0.399 e. The number of nitrogens with one attached hydrogen (secondary N) is 1. The second-order valence-corrected chi connectivity index (χ2v) is 6.16. The van der Waals surface area contributed by atoms with Crippen molar-refractivity contribution in [1.82, 2.24) is 0 Å². The molecule has 5 heteroatoms. The van der Waals surface area contributed by atoms with Crippen LogP contribution in [0.1, 0.15) is 11.1 Å². The molecule has 2 aromatic rings. The van der Waals surface area contributed by atoms with E-state index < -0.39 is 0 Å². The third kappa shape index (κ3) is 4.99. The number of hydrogen-bond acceptors (Lipinski definition) is 3. The number of amides is 1. The smallest absolute Gasteiger partial charge is 0.234 e. The van der Waals surface area contributed by atoms with Crippen molar-refractivity contribution in [2.45, 2.75) is 12.7 Å². The molecule has 0 radical (unpaired) electrons. The molecule has 3 nitrogen and oxygen atoms in total. The number of aryl methyl sites for hydroxylation is 1. The molecule has 2 aromatic carbocycles. The van der Waals surface area contributed by atoms with Gasteiger partial charge in [0.1, 0.15) is 0 Å². The molecule has 110 valence electrons. The molecule has 21 heavy (non-hydrogen) atoms. The Hall–Kier alpha value is -1.65. The van der Waals surface area contributed by atoms with Gasteiger partial charge in [-0.25, -0.2) is 0 Å². The molecule has 0 saturated carbocycles. The molecule has 0 aliphatic heterocycles. The van der Waals surface area contributed by atoms with Crippen LogP contribution in [0.15, 0.2) is 42.5 Å². The van der Waals surface area contributed by atoms with Crippen LogP contribution in [0.3, 0.4) is 0 Å². The van der Waals surface area contributed by atoms with Crippen LogP contribution in [-0.2, 0) is 10.5 Å². The van der Waals surface area contributed by atoms with Gasteiger partial charge in [0.15, 0.2) is 0 Å². The summed E-state index contributed by atoms with van der Waals surface area (Å²) in [5, 5.41) is 3.26. The summed E-state index contributed by atoms with van der Waals surface area (Å²) in [5.41, 5.74) is 9.25. The Kier molecular flexibility index (Phi) is 5.53. The Morgan fingerprint density at radius 1 is 1.29 bits per heavy atom. The fourth-order valence-corrected chi connectivity index (χ4v) is 2.83. The normalized spacial score (nSPS) is 10.4. The van der Waals surface area contributed by atoms with Gasteiger partial charge in [-0.15, -0.1) is 11.8 Å². The number of anilines is 2. The average molecular weight is 321 g/mol. The average Bonchev–Trinajstić information content (AvgIpc) is 2.43. The van der Waals surface area contributed by atoms with Gasteiger partial charge in [-0.3, -0.25) is 4.79 Å². The monoisotopic (exact) mass is 320 g/mol. The van der Waals surface area contributed by atoms with E-state index in [9.17, 15) is 4.79 Å². The van der Waals surface area contributed by atoms with E-state index in [2.05, 4.69) is 30.4 Å². The molecule has 3 N–H and O–H groups in total. The van der Waals surface area contributed by atoms with E-state index in [0.29, 0.717) is 22.2 Å². The molecule has 0 atom stereocenters. The molecule has 0 fully saturated rings. The number of halogens is 1. The standard InChI is InChI=1S/C16H17ClN2OS/c1-11-3-2-4-12(7-11)9-21-10-16(20)19-15-8-13(18)5-6-14(15)17/h2-8H,9-10,18H2,1H3,(H,19,20). The Balaban J connectivity index is 1.84. The largest absolute Gasteiger partial charge is 0.399 e. The summed E-state index contributed by atoms with van der Waals surface area (Å²) in [7, 11) is 0. The number of carbonyl (C=O) groups excluding carboxylic acids is 1. The van der Waals surface area contributed by atoms with Crippen molar-refractivity contribution in [1.29, 1.82) is 0 Å². The van der Waals surface area contributed by atoms with E-state index in [0.717, 1.165) is 5.75 Å². The summed E-state index contributed by atoms with van der Waals surface area (Å²) in [6.45, 7) is 2.06. The predicted molar refractivity (Wildman–Crippen MR) is 91.8 cm³/mol. The zero-order valence-electron chi connectivity index (χ0n) is 11.7. The number of rotatable bonds is 5. The summed E-state index contributed by atoms with van der Waals surface area (Å²) < 4.78 is 0. The van der Waals surface area contributed by atoms with Crippen LogP contribution in [0.5, 0.6) is 0 Å². The van der Waals surface area contributed by atoms with Crippen LogP contribution in [-0.4, -0.2) is 11.7 Å². The maximum absolute atomic E-state index is 11.9. The van der Waals surface area contributed by atoms with Gasteiger partial charge in [-0.05, 0) is 30.7 Å². The Morgan fingerprint density at radius 3 is 2.86 bits per heavy atom. The molecule has 0 bridgehead atoms. The van der Waals surface area contributed by atoms with Crippen LogP contribution < -0.4 is 11.1 Å². The van der Waals surface area contributed by atoms with Crippen molar-refractivity contribution < 1.29 is 4.79 Å². The predicted octanol–water partition coefficient (Wildman–Crippen LogP) is 4.10. The van der Waals surface area contributed by atoms with Gasteiger partial charge in [-0.2, -0.15) is 0 Å². The summed E-state index contributed by atoms with van der Waals surface area (Å²) in [5.74, 6) is 1.10. The second kappa shape index (κ2) is 7.38. The second-order valence-electron chi connectivity index (χ2n) is 4.77. The van der Waals surface area contributed by atoms with Crippen LogP contribution >= 0.6 is 23.4 Å². The molecule has 1 amide bonds. The molecule has 0 aliphatic rings. The lowest BCUT2D eigenvalue weighted by Gasteiger charge is -2.08. The lowest BCUT2D eigenvalue weighted by atomic mass is 10.2. The fourth-order valence-electron chi connectivity index (χ4n) is 1.89. The van der Waals surface area contributed by atoms with Gasteiger partial charge < -0.3 is 11.1 Å². The van der Waals surface area contributed by atoms with E-state index in [4.69, 9.17) is 17.3 Å². The first-order valence-electron chi connectivity index (χ1n) is 6.53. The van der Waals surface area contributed by atoms with Crippen molar-refractivity contribution in [2.75, 3.05) is 16.8 Å². The fraction of sp³-hybridized carbons (Fsp3) is 0.188. The van der Waals surface area contributed by atoms with Crippen LogP contribution in [0.4, 0.5) is 11.4 Å². The molecule has 0 unspecified atom stereocenters. The van der Waals surface area contributed by atoms with Crippen molar-refractivity contribution in [3.05, 3.63) is 58.6 Å². The van der Waals surface area contributed by atoms with Crippen molar-refractivity contribution in [2.24, 2.45) is 0 Å². The van der Waals surface area contributed by atoms with Gasteiger partial charge in [0.2, 0.25) is 5.91 Å². The molecule has 0 spiro atoms. The Labute approximate surface area is 133 Å². The number of nitrogens with two attached hydrogens (primary N) is 1. The van der Waals surface area contributed by atoms with Gasteiger partial charge >= 0.3 is 0 Å². The minimum absolute atomic E-state index is 0.0832. The third-order valence-corrected chi connectivity index (χ3v) is 4.18. The number of nitrogen functional groups attached to an aromatic ring is 1. The van der Waals surface area contributed by atoms with E-state index in [-0.39, 0.29) is 5.91 Å². The lowest BCUT2D eigenvalue weighted by molar-refractivity contribution is -0.113. The lowest BCUT2D eigenvalue weighted by Crippen LogP contribution is -2.14. The SMILES string of the molecule is Cc1cccc(CSCC(=O)Nc2cc(N)ccc2Cl)c1. The Bertz CT molecular complexity index is 646. The first kappa shape index (κ1) is 15.7. The maximum atomic E-state index is 11.9. The highest BCUT2D eigenvalue weighted by Crippen LogP contribution is 2.24. The highest BCUT2D eigenvalue weighted by molar-refractivity contribution is 7.99. The number of carbonyl (C=O) groups is 1. The topological polar surface area (TPSA) is 55.1 Å². The van der Waals surface area contributed by atoms with E-state index >= 15 is 0 Å². The third-order valence-electron chi connectivity index (χ3n) is 2.85. The highest BCUT2D eigenvalue weighted by Gasteiger charge is 2.06. The van der Waals surface area contributed by atoms with Gasteiger partial charge in [0.25, 0.3) is 0 Å². The quantitative estimate of drug-likeness (QED) is 0.815. The van der Waals surface area contributed by atoms with E-state index in [1.54, 1.807) is 30.0 Å². The summed E-state index contributed by atoms with van der Waals surface area (Å²) in [6.07, 6.45) is 0. The zero-order chi connectivity index (χ0) is 15.2. The summed E-state index contributed by atoms with van der Waals surface area (Å²) in [4.78, 5) is 11.9. The minimum atomic E-state index is -0.0832. The maximum Gasteiger partial charge on any atom is 0.234 e. The molecule has 2 rings (SSSR count). The van der Waals surface area contributed by atoms with Crippen LogP contribution in [0, 0.1) is 6.92 Å². The van der Waals surface area contributed by atoms with Gasteiger partial charge in [0.05, 0.1) is 16.5 Å². The molecule has 0 heterocycles. The molecular formula is C16H17ClN2OS.